The van der Waals surface area contributed by atoms with Crippen LogP contribution in [0.2, 0.25) is 0 Å². The molecule has 0 aromatic carbocycles. The summed E-state index contributed by atoms with van der Waals surface area (Å²) < 4.78 is 0. The lowest BCUT2D eigenvalue weighted by molar-refractivity contribution is 0.111. The maximum Gasteiger partial charge on any atom is 0.319 e. The molecule has 6 heteroatoms. The number of aromatic nitrogens is 2. The van der Waals surface area contributed by atoms with Crippen LogP contribution in [-0.4, -0.2) is 22.3 Å². The summed E-state index contributed by atoms with van der Waals surface area (Å²) in [5, 5.41) is 2.14. The van der Waals surface area contributed by atoms with Crippen LogP contribution in [0, 0.1) is 0 Å². The molecule has 0 spiro atoms. The lowest BCUT2D eigenvalue weighted by atomic mass is 10.4. The average Bonchev–Trinajstić information content (AvgIpc) is 2.03. The molecule has 0 aliphatic heterocycles. The van der Waals surface area contributed by atoms with Gasteiger partial charge < -0.3 is 5.73 Å². The number of carbonyl (C=O) groups excluding carboxylic acids is 2. The van der Waals surface area contributed by atoms with E-state index in [9.17, 15) is 9.59 Å². The number of aldehydes is 1. The number of rotatable bonds is 2. The maximum atomic E-state index is 10.3. The smallest absolute Gasteiger partial charge is 0.319 e. The fourth-order valence-electron chi connectivity index (χ4n) is 0.609. The summed E-state index contributed by atoms with van der Waals surface area (Å²) in [5.41, 5.74) is 4.99. The first-order valence-corrected chi connectivity index (χ1v) is 3.07. The van der Waals surface area contributed by atoms with Gasteiger partial charge in [0.15, 0.2) is 6.29 Å². The Morgan fingerprint density at radius 1 is 1.67 bits per heavy atom. The number of hydrogen-bond donors (Lipinski definition) is 2. The lowest BCUT2D eigenvalue weighted by Gasteiger charge is -1.97. The standard InChI is InChI=1S/C6H6N4O2/c7-5(12)10-6-8-2-1-4(3-11)9-6/h1-3H,(H3,7,8,9,10,12). The van der Waals surface area contributed by atoms with Crippen molar-refractivity contribution in [1.29, 1.82) is 0 Å². The van der Waals surface area contributed by atoms with Gasteiger partial charge in [-0.25, -0.2) is 14.8 Å². The molecule has 2 amide bonds. The number of urea groups is 1. The van der Waals surface area contributed by atoms with Crippen LogP contribution in [-0.2, 0) is 0 Å². The highest BCUT2D eigenvalue weighted by Crippen LogP contribution is 1.96. The van der Waals surface area contributed by atoms with Gasteiger partial charge in [0, 0.05) is 6.20 Å². The van der Waals surface area contributed by atoms with Crippen LogP contribution in [0.15, 0.2) is 12.3 Å². The zero-order valence-electron chi connectivity index (χ0n) is 6.02. The van der Waals surface area contributed by atoms with Crippen LogP contribution >= 0.6 is 0 Å². The Labute approximate surface area is 67.8 Å². The molecule has 1 aromatic heterocycles. The summed E-state index contributed by atoms with van der Waals surface area (Å²) in [6.45, 7) is 0. The summed E-state index contributed by atoms with van der Waals surface area (Å²) in [7, 11) is 0. The van der Waals surface area contributed by atoms with Gasteiger partial charge in [-0.3, -0.25) is 10.1 Å². The summed E-state index contributed by atoms with van der Waals surface area (Å²) in [6, 6.07) is 0.650. The molecule has 12 heavy (non-hydrogen) atoms. The Bertz CT molecular complexity index is 312. The number of anilines is 1. The number of amides is 2. The van der Waals surface area contributed by atoms with Gasteiger partial charge in [0.05, 0.1) is 0 Å². The molecule has 0 aliphatic carbocycles. The zero-order valence-corrected chi connectivity index (χ0v) is 6.02. The van der Waals surface area contributed by atoms with Gasteiger partial charge in [-0.1, -0.05) is 0 Å². The molecular weight excluding hydrogens is 160 g/mol. The van der Waals surface area contributed by atoms with Crippen LogP contribution < -0.4 is 11.1 Å². The second-order valence-corrected chi connectivity index (χ2v) is 1.91. The number of nitrogens with one attached hydrogen (secondary N) is 1. The summed E-state index contributed by atoms with van der Waals surface area (Å²) in [6.07, 6.45) is 1.90. The van der Waals surface area contributed by atoms with Crippen molar-refractivity contribution in [3.8, 4) is 0 Å². The molecule has 0 radical (unpaired) electrons. The second kappa shape index (κ2) is 3.42. The first kappa shape index (κ1) is 8.12. The molecular formula is C6H6N4O2. The highest BCUT2D eigenvalue weighted by molar-refractivity contribution is 5.86. The molecule has 62 valence electrons. The Balaban J connectivity index is 2.86. The number of nitrogens with two attached hydrogens (primary N) is 1. The number of nitrogens with zero attached hydrogens (tertiary/aromatic N) is 2. The largest absolute Gasteiger partial charge is 0.351 e. The highest BCUT2D eigenvalue weighted by Gasteiger charge is 1.99. The number of carbonyl (C=O) groups is 2. The first-order valence-electron chi connectivity index (χ1n) is 3.07. The van der Waals surface area contributed by atoms with Crippen molar-refractivity contribution in [3.63, 3.8) is 0 Å². The quantitative estimate of drug-likeness (QED) is 0.593. The van der Waals surface area contributed by atoms with Crippen molar-refractivity contribution in [3.05, 3.63) is 18.0 Å². The van der Waals surface area contributed by atoms with Crippen LogP contribution in [0.3, 0.4) is 0 Å². The minimum atomic E-state index is -0.766. The average molecular weight is 166 g/mol. The summed E-state index contributed by atoms with van der Waals surface area (Å²) >= 11 is 0. The third-order valence-electron chi connectivity index (χ3n) is 1.03. The van der Waals surface area contributed by atoms with Crippen molar-refractivity contribution in [2.24, 2.45) is 5.73 Å². The van der Waals surface area contributed by atoms with Crippen LogP contribution in [0.25, 0.3) is 0 Å². The predicted molar refractivity (Wildman–Crippen MR) is 40.6 cm³/mol. The molecule has 0 fully saturated rings. The zero-order chi connectivity index (χ0) is 8.97. The highest BCUT2D eigenvalue weighted by atomic mass is 16.2. The van der Waals surface area contributed by atoms with Crippen LogP contribution in [0.1, 0.15) is 10.5 Å². The Hall–Kier alpha value is -1.98. The van der Waals surface area contributed by atoms with E-state index in [2.05, 4.69) is 15.3 Å². The van der Waals surface area contributed by atoms with Gasteiger partial charge in [-0.05, 0) is 6.07 Å². The molecule has 6 nitrogen and oxygen atoms in total. The summed E-state index contributed by atoms with van der Waals surface area (Å²) in [5.74, 6) is 0.0205. The molecule has 1 aromatic rings. The second-order valence-electron chi connectivity index (χ2n) is 1.91. The summed E-state index contributed by atoms with van der Waals surface area (Å²) in [4.78, 5) is 27.8. The van der Waals surface area contributed by atoms with Gasteiger partial charge in [-0.2, -0.15) is 0 Å². The van der Waals surface area contributed by atoms with Crippen molar-refractivity contribution >= 4 is 18.3 Å². The molecule has 1 rings (SSSR count). The van der Waals surface area contributed by atoms with E-state index < -0.39 is 6.03 Å². The van der Waals surface area contributed by atoms with Crippen LogP contribution in [0.4, 0.5) is 10.7 Å². The van der Waals surface area contributed by atoms with E-state index in [1.54, 1.807) is 0 Å². The monoisotopic (exact) mass is 166 g/mol. The minimum Gasteiger partial charge on any atom is -0.351 e. The third kappa shape index (κ3) is 2.01. The molecule has 1 heterocycles. The van der Waals surface area contributed by atoms with Crippen molar-refractivity contribution in [2.75, 3.05) is 5.32 Å². The molecule has 3 N–H and O–H groups in total. The van der Waals surface area contributed by atoms with E-state index >= 15 is 0 Å². The predicted octanol–water partition coefficient (Wildman–Crippen LogP) is -0.220. The molecule has 0 saturated carbocycles. The van der Waals surface area contributed by atoms with Crippen molar-refractivity contribution in [2.45, 2.75) is 0 Å². The van der Waals surface area contributed by atoms with Gasteiger partial charge in [0.1, 0.15) is 5.69 Å². The van der Waals surface area contributed by atoms with Crippen LogP contribution in [0.5, 0.6) is 0 Å². The Morgan fingerprint density at radius 3 is 3.00 bits per heavy atom. The van der Waals surface area contributed by atoms with E-state index in [4.69, 9.17) is 5.73 Å². The minimum absolute atomic E-state index is 0.0205. The number of hydrogen-bond acceptors (Lipinski definition) is 4. The van der Waals surface area contributed by atoms with Gasteiger partial charge in [0.2, 0.25) is 5.95 Å². The molecule has 0 bridgehead atoms. The van der Waals surface area contributed by atoms with E-state index in [0.29, 0.717) is 6.29 Å². The number of primary amides is 1. The van der Waals surface area contributed by atoms with Gasteiger partial charge >= 0.3 is 6.03 Å². The Morgan fingerprint density at radius 2 is 2.42 bits per heavy atom. The maximum absolute atomic E-state index is 10.3. The molecule has 0 unspecified atom stereocenters. The topological polar surface area (TPSA) is 98.0 Å². The third-order valence-corrected chi connectivity index (χ3v) is 1.03. The van der Waals surface area contributed by atoms with E-state index in [0.717, 1.165) is 0 Å². The van der Waals surface area contributed by atoms with Crippen molar-refractivity contribution < 1.29 is 9.59 Å². The fourth-order valence-corrected chi connectivity index (χ4v) is 0.609. The van der Waals surface area contributed by atoms with E-state index in [1.165, 1.54) is 12.3 Å². The molecule has 0 aliphatic rings. The van der Waals surface area contributed by atoms with Crippen molar-refractivity contribution in [1.82, 2.24) is 9.97 Å². The van der Waals surface area contributed by atoms with E-state index in [1.807, 2.05) is 0 Å². The molecule has 0 atom stereocenters. The first-order chi connectivity index (χ1) is 5.72. The van der Waals surface area contributed by atoms with Gasteiger partial charge in [-0.15, -0.1) is 0 Å². The fraction of sp³-hybridized carbons (Fsp3) is 0. The Kier molecular flexibility index (Phi) is 2.32. The van der Waals surface area contributed by atoms with E-state index in [-0.39, 0.29) is 11.6 Å². The van der Waals surface area contributed by atoms with Gasteiger partial charge in [0.25, 0.3) is 0 Å². The SMILES string of the molecule is NC(=O)Nc1nccc(C=O)n1. The lowest BCUT2D eigenvalue weighted by Crippen LogP contribution is -2.21. The normalized spacial score (nSPS) is 9.00. The molecule has 0 saturated heterocycles.